The number of fused-ring (bicyclic) bond motifs is 1. The van der Waals surface area contributed by atoms with E-state index in [1.165, 1.54) is 0 Å². The van der Waals surface area contributed by atoms with Gasteiger partial charge in [0.25, 0.3) is 0 Å². The number of hydrogen-bond donors (Lipinski definition) is 2. The molecule has 110 valence electrons. The molecule has 3 rings (SSSR count). The van der Waals surface area contributed by atoms with Crippen molar-refractivity contribution < 1.29 is 9.59 Å². The summed E-state index contributed by atoms with van der Waals surface area (Å²) in [4.78, 5) is 23.0. The van der Waals surface area contributed by atoms with Gasteiger partial charge in [0.05, 0.1) is 6.54 Å². The maximum atomic E-state index is 11.6. The molecule has 1 saturated carbocycles. The van der Waals surface area contributed by atoms with Crippen LogP contribution in [-0.4, -0.2) is 39.5 Å². The molecule has 2 amide bonds. The van der Waals surface area contributed by atoms with Crippen molar-refractivity contribution >= 4 is 17.5 Å². The minimum absolute atomic E-state index is 0.0198. The first-order valence-electron chi connectivity index (χ1n) is 7.07. The summed E-state index contributed by atoms with van der Waals surface area (Å²) in [6.45, 7) is 0.504. The van der Waals surface area contributed by atoms with Crippen LogP contribution in [0, 0.1) is 5.92 Å². The van der Waals surface area contributed by atoms with E-state index in [4.69, 9.17) is 0 Å². The van der Waals surface area contributed by atoms with Crippen LogP contribution in [0.25, 0.3) is 5.65 Å². The maximum Gasteiger partial charge on any atom is 0.239 e. The Labute approximate surface area is 121 Å². The van der Waals surface area contributed by atoms with E-state index in [1.807, 2.05) is 28.8 Å². The normalized spacial score (nSPS) is 14.1. The van der Waals surface area contributed by atoms with Crippen LogP contribution >= 0.6 is 0 Å². The average Bonchev–Trinajstić information content (AvgIpc) is 3.27. The smallest absolute Gasteiger partial charge is 0.239 e. The van der Waals surface area contributed by atoms with Gasteiger partial charge < -0.3 is 10.6 Å². The van der Waals surface area contributed by atoms with Crippen molar-refractivity contribution in [1.29, 1.82) is 0 Å². The number of nitrogens with zero attached hydrogens (tertiary/aromatic N) is 3. The van der Waals surface area contributed by atoms with Crippen molar-refractivity contribution in [2.45, 2.75) is 19.3 Å². The van der Waals surface area contributed by atoms with Gasteiger partial charge >= 0.3 is 0 Å². The van der Waals surface area contributed by atoms with Crippen LogP contribution in [0.2, 0.25) is 0 Å². The Balaban J connectivity index is 1.43. The molecule has 2 aromatic rings. The highest BCUT2D eigenvalue weighted by Crippen LogP contribution is 2.28. The first-order chi connectivity index (χ1) is 10.2. The predicted molar refractivity (Wildman–Crippen MR) is 75.4 cm³/mol. The van der Waals surface area contributed by atoms with E-state index < -0.39 is 0 Å². The molecule has 2 aromatic heterocycles. The number of nitrogens with one attached hydrogen (secondary N) is 2. The Kier molecular flexibility index (Phi) is 3.81. The van der Waals surface area contributed by atoms with Gasteiger partial charge in [0.2, 0.25) is 11.8 Å². The fourth-order valence-electron chi connectivity index (χ4n) is 2.09. The van der Waals surface area contributed by atoms with E-state index in [0.717, 1.165) is 24.3 Å². The van der Waals surface area contributed by atoms with Gasteiger partial charge in [-0.2, -0.15) is 0 Å². The summed E-state index contributed by atoms with van der Waals surface area (Å²) in [5, 5.41) is 13.5. The highest BCUT2D eigenvalue weighted by molar-refractivity contribution is 5.86. The molecule has 2 heterocycles. The molecule has 2 N–H and O–H groups in total. The van der Waals surface area contributed by atoms with Crippen LogP contribution in [0.5, 0.6) is 0 Å². The lowest BCUT2D eigenvalue weighted by Crippen LogP contribution is -2.38. The van der Waals surface area contributed by atoms with E-state index in [2.05, 4.69) is 20.8 Å². The Morgan fingerprint density at radius 2 is 2.10 bits per heavy atom. The first-order valence-corrected chi connectivity index (χ1v) is 7.07. The van der Waals surface area contributed by atoms with Crippen molar-refractivity contribution in [3.63, 3.8) is 0 Å². The van der Waals surface area contributed by atoms with Crippen molar-refractivity contribution in [3.05, 3.63) is 30.2 Å². The van der Waals surface area contributed by atoms with Crippen LogP contribution < -0.4 is 10.6 Å². The largest absolute Gasteiger partial charge is 0.354 e. The van der Waals surface area contributed by atoms with Gasteiger partial charge in [-0.05, 0) is 25.0 Å². The van der Waals surface area contributed by atoms with Gasteiger partial charge in [0, 0.05) is 25.1 Å². The van der Waals surface area contributed by atoms with Gasteiger partial charge in [-0.3, -0.25) is 14.0 Å². The SMILES string of the molecule is O=C(CNC(=O)C1CC1)NCCc1nnc2ccccn12. The molecule has 1 fully saturated rings. The summed E-state index contributed by atoms with van der Waals surface area (Å²) in [5.41, 5.74) is 0.788. The monoisotopic (exact) mass is 287 g/mol. The lowest BCUT2D eigenvalue weighted by Gasteiger charge is -2.06. The molecule has 0 saturated heterocycles. The van der Waals surface area contributed by atoms with Gasteiger partial charge in [-0.15, -0.1) is 10.2 Å². The van der Waals surface area contributed by atoms with Gasteiger partial charge in [-0.1, -0.05) is 6.07 Å². The molecule has 0 radical (unpaired) electrons. The van der Waals surface area contributed by atoms with Crippen molar-refractivity contribution in [1.82, 2.24) is 25.2 Å². The molecule has 0 unspecified atom stereocenters. The number of aromatic nitrogens is 3. The topological polar surface area (TPSA) is 88.4 Å². The van der Waals surface area contributed by atoms with E-state index in [9.17, 15) is 9.59 Å². The zero-order valence-electron chi connectivity index (χ0n) is 11.6. The quantitative estimate of drug-likeness (QED) is 0.777. The highest BCUT2D eigenvalue weighted by Gasteiger charge is 2.29. The number of rotatable bonds is 6. The second-order valence-corrected chi connectivity index (χ2v) is 5.14. The molecular formula is C14H17N5O2. The minimum Gasteiger partial charge on any atom is -0.354 e. The third-order valence-corrected chi connectivity index (χ3v) is 3.43. The Bertz CT molecular complexity index is 662. The van der Waals surface area contributed by atoms with Crippen LogP contribution in [0.15, 0.2) is 24.4 Å². The molecule has 1 aliphatic rings. The van der Waals surface area contributed by atoms with Gasteiger partial charge in [0.1, 0.15) is 5.82 Å². The molecule has 7 nitrogen and oxygen atoms in total. The third-order valence-electron chi connectivity index (χ3n) is 3.43. The fourth-order valence-corrected chi connectivity index (χ4v) is 2.09. The molecule has 0 aliphatic heterocycles. The van der Waals surface area contributed by atoms with E-state index >= 15 is 0 Å². The first kappa shape index (κ1) is 13.5. The predicted octanol–water partition coefficient (Wildman–Crippen LogP) is -0.0858. The number of carbonyl (C=O) groups is 2. The molecule has 0 aromatic carbocycles. The lowest BCUT2D eigenvalue weighted by atomic mass is 10.3. The molecule has 0 atom stereocenters. The second-order valence-electron chi connectivity index (χ2n) is 5.14. The highest BCUT2D eigenvalue weighted by atomic mass is 16.2. The lowest BCUT2D eigenvalue weighted by molar-refractivity contribution is -0.126. The van der Waals surface area contributed by atoms with E-state index in [1.54, 1.807) is 0 Å². The van der Waals surface area contributed by atoms with Gasteiger partial charge in [0.15, 0.2) is 5.65 Å². The molecule has 1 aliphatic carbocycles. The van der Waals surface area contributed by atoms with Crippen molar-refractivity contribution in [3.8, 4) is 0 Å². The maximum absolute atomic E-state index is 11.6. The average molecular weight is 287 g/mol. The van der Waals surface area contributed by atoms with Crippen molar-refractivity contribution in [2.24, 2.45) is 5.92 Å². The molecule has 0 bridgehead atoms. The standard InChI is InChI=1S/C14H17N5O2/c20-13(9-16-14(21)10-4-5-10)15-7-6-12-18-17-11-3-1-2-8-19(11)12/h1-3,8,10H,4-7,9H2,(H,15,20)(H,16,21). The molecule has 0 spiro atoms. The van der Waals surface area contributed by atoms with Crippen LogP contribution in [-0.2, 0) is 16.0 Å². The fraction of sp³-hybridized carbons (Fsp3) is 0.429. The van der Waals surface area contributed by atoms with Crippen LogP contribution in [0.4, 0.5) is 0 Å². The Hall–Kier alpha value is -2.44. The molecular weight excluding hydrogens is 270 g/mol. The van der Waals surface area contributed by atoms with E-state index in [-0.39, 0.29) is 24.3 Å². The summed E-state index contributed by atoms with van der Waals surface area (Å²) < 4.78 is 1.89. The molecule has 7 heteroatoms. The van der Waals surface area contributed by atoms with Crippen molar-refractivity contribution in [2.75, 3.05) is 13.1 Å². The minimum atomic E-state index is -0.183. The van der Waals surface area contributed by atoms with E-state index in [0.29, 0.717) is 13.0 Å². The number of hydrogen-bond acceptors (Lipinski definition) is 4. The zero-order chi connectivity index (χ0) is 14.7. The number of pyridine rings is 1. The summed E-state index contributed by atoms with van der Waals surface area (Å²) in [7, 11) is 0. The van der Waals surface area contributed by atoms with Gasteiger partial charge in [-0.25, -0.2) is 0 Å². The zero-order valence-corrected chi connectivity index (χ0v) is 11.6. The summed E-state index contributed by atoms with van der Waals surface area (Å²) in [5.74, 6) is 0.722. The third kappa shape index (κ3) is 3.36. The second kappa shape index (κ2) is 5.90. The summed E-state index contributed by atoms with van der Waals surface area (Å²) >= 11 is 0. The Morgan fingerprint density at radius 3 is 2.90 bits per heavy atom. The molecule has 21 heavy (non-hydrogen) atoms. The number of carbonyl (C=O) groups excluding carboxylic acids is 2. The summed E-state index contributed by atoms with van der Waals surface area (Å²) in [6, 6.07) is 5.69. The van der Waals surface area contributed by atoms with Crippen LogP contribution in [0.1, 0.15) is 18.7 Å². The Morgan fingerprint density at radius 1 is 1.24 bits per heavy atom. The van der Waals surface area contributed by atoms with Crippen LogP contribution in [0.3, 0.4) is 0 Å². The number of amides is 2. The summed E-state index contributed by atoms with van der Waals surface area (Å²) in [6.07, 6.45) is 4.36.